The first-order valence-corrected chi connectivity index (χ1v) is 9.03. The van der Waals surface area contributed by atoms with E-state index in [4.69, 9.17) is 9.47 Å². The quantitative estimate of drug-likeness (QED) is 0.790. The van der Waals surface area contributed by atoms with E-state index in [0.717, 1.165) is 35.3 Å². The first-order valence-electron chi connectivity index (χ1n) is 8.22. The lowest BCUT2D eigenvalue weighted by molar-refractivity contribution is -0.119. The molecular weight excluding hydrogens is 352 g/mol. The number of anilines is 1. The van der Waals surface area contributed by atoms with E-state index >= 15 is 0 Å². The molecule has 1 amide bonds. The normalized spacial score (nSPS) is 12.3. The summed E-state index contributed by atoms with van der Waals surface area (Å²) in [7, 11) is 1.57. The molecule has 0 saturated heterocycles. The standard InChI is InChI=1S/C19H18N2O4S/c1-24-10-12-4-2-5-13(8-12)19(23)25-11-17(22)21-18-15(9-20)14-6-3-7-16(14)26-18/h2,4-5,8H,3,6-7,10-11H2,1H3,(H,21,22). The predicted octanol–water partition coefficient (Wildman–Crippen LogP) is 3.05. The fourth-order valence-corrected chi connectivity index (χ4v) is 4.20. The zero-order chi connectivity index (χ0) is 18.5. The minimum atomic E-state index is -0.577. The average molecular weight is 370 g/mol. The molecule has 26 heavy (non-hydrogen) atoms. The number of hydrogen-bond donors (Lipinski definition) is 1. The third-order valence-electron chi connectivity index (χ3n) is 4.09. The monoisotopic (exact) mass is 370 g/mol. The summed E-state index contributed by atoms with van der Waals surface area (Å²) in [6, 6.07) is 9.03. The molecule has 0 bridgehead atoms. The van der Waals surface area contributed by atoms with Gasteiger partial charge in [-0.1, -0.05) is 12.1 Å². The number of thiophene rings is 1. The van der Waals surface area contributed by atoms with Gasteiger partial charge in [0.25, 0.3) is 5.91 Å². The van der Waals surface area contributed by atoms with Crippen LogP contribution in [0.15, 0.2) is 24.3 Å². The molecule has 0 saturated carbocycles. The van der Waals surface area contributed by atoms with Crippen LogP contribution in [0.3, 0.4) is 0 Å². The highest BCUT2D eigenvalue weighted by Gasteiger charge is 2.23. The number of ether oxygens (including phenoxy) is 2. The third kappa shape index (κ3) is 3.93. The number of nitrogens with zero attached hydrogens (tertiary/aromatic N) is 1. The van der Waals surface area contributed by atoms with Crippen LogP contribution in [0.4, 0.5) is 5.00 Å². The Labute approximate surface area is 155 Å². The third-order valence-corrected chi connectivity index (χ3v) is 5.30. The van der Waals surface area contributed by atoms with Gasteiger partial charge < -0.3 is 14.8 Å². The minimum absolute atomic E-state index is 0.361. The van der Waals surface area contributed by atoms with Crippen molar-refractivity contribution in [2.45, 2.75) is 25.9 Å². The van der Waals surface area contributed by atoms with Crippen LogP contribution in [0.5, 0.6) is 0 Å². The second-order valence-corrected chi connectivity index (χ2v) is 7.04. The summed E-state index contributed by atoms with van der Waals surface area (Å²) in [5, 5.41) is 12.6. The van der Waals surface area contributed by atoms with Crippen molar-refractivity contribution in [2.24, 2.45) is 0 Å². The van der Waals surface area contributed by atoms with Crippen molar-refractivity contribution in [3.05, 3.63) is 51.4 Å². The van der Waals surface area contributed by atoms with Crippen molar-refractivity contribution in [1.29, 1.82) is 5.26 Å². The smallest absolute Gasteiger partial charge is 0.338 e. The molecule has 1 aromatic carbocycles. The predicted molar refractivity (Wildman–Crippen MR) is 97.1 cm³/mol. The number of esters is 1. The molecular formula is C19H18N2O4S. The first kappa shape index (κ1) is 18.1. The van der Waals surface area contributed by atoms with Gasteiger partial charge in [-0.25, -0.2) is 4.79 Å². The average Bonchev–Trinajstić information content (AvgIpc) is 3.20. The molecule has 0 unspecified atom stereocenters. The maximum Gasteiger partial charge on any atom is 0.338 e. The van der Waals surface area contributed by atoms with Gasteiger partial charge in [-0.3, -0.25) is 4.79 Å². The van der Waals surface area contributed by atoms with Crippen LogP contribution >= 0.6 is 11.3 Å². The van der Waals surface area contributed by atoms with E-state index in [2.05, 4.69) is 11.4 Å². The number of rotatable bonds is 6. The van der Waals surface area contributed by atoms with E-state index in [0.29, 0.717) is 22.7 Å². The Morgan fingerprint density at radius 3 is 2.96 bits per heavy atom. The number of aryl methyl sites for hydroxylation is 1. The van der Waals surface area contributed by atoms with Crippen molar-refractivity contribution < 1.29 is 19.1 Å². The van der Waals surface area contributed by atoms with Crippen LogP contribution in [0.25, 0.3) is 0 Å². The van der Waals surface area contributed by atoms with Gasteiger partial charge in [-0.2, -0.15) is 5.26 Å². The van der Waals surface area contributed by atoms with Crippen LogP contribution in [-0.2, 0) is 33.7 Å². The van der Waals surface area contributed by atoms with Gasteiger partial charge in [0.15, 0.2) is 6.61 Å². The van der Waals surface area contributed by atoms with Crippen molar-refractivity contribution >= 4 is 28.2 Å². The van der Waals surface area contributed by atoms with E-state index < -0.39 is 18.5 Å². The molecule has 6 nitrogen and oxygen atoms in total. The summed E-state index contributed by atoms with van der Waals surface area (Å²) >= 11 is 1.43. The molecule has 0 atom stereocenters. The maximum absolute atomic E-state index is 12.1. The molecule has 1 aliphatic rings. The van der Waals surface area contributed by atoms with Crippen LogP contribution in [0, 0.1) is 11.3 Å². The number of methoxy groups -OCH3 is 1. The van der Waals surface area contributed by atoms with Gasteiger partial charge in [0, 0.05) is 12.0 Å². The Morgan fingerprint density at radius 1 is 1.35 bits per heavy atom. The highest BCUT2D eigenvalue weighted by molar-refractivity contribution is 7.16. The summed E-state index contributed by atoms with van der Waals surface area (Å²) in [5.41, 5.74) is 2.78. The molecule has 0 aliphatic heterocycles. The summed E-state index contributed by atoms with van der Waals surface area (Å²) in [6.07, 6.45) is 2.86. The van der Waals surface area contributed by atoms with E-state index in [1.54, 1.807) is 25.3 Å². The topological polar surface area (TPSA) is 88.4 Å². The molecule has 3 rings (SSSR count). The highest BCUT2D eigenvalue weighted by Crippen LogP contribution is 2.38. The van der Waals surface area contributed by atoms with E-state index in [-0.39, 0.29) is 0 Å². The Hall–Kier alpha value is -2.69. The molecule has 0 fully saturated rings. The Bertz CT molecular complexity index is 882. The van der Waals surface area contributed by atoms with Gasteiger partial charge in [-0.15, -0.1) is 11.3 Å². The van der Waals surface area contributed by atoms with Crippen molar-refractivity contribution in [1.82, 2.24) is 0 Å². The summed E-state index contributed by atoms with van der Waals surface area (Å²) < 4.78 is 10.1. The van der Waals surface area contributed by atoms with Gasteiger partial charge in [0.2, 0.25) is 0 Å². The number of nitriles is 1. The molecule has 1 aliphatic carbocycles. The van der Waals surface area contributed by atoms with Gasteiger partial charge in [0.05, 0.1) is 17.7 Å². The van der Waals surface area contributed by atoms with Crippen molar-refractivity contribution in [2.75, 3.05) is 19.0 Å². The van der Waals surface area contributed by atoms with E-state index in [1.807, 2.05) is 6.07 Å². The van der Waals surface area contributed by atoms with E-state index in [9.17, 15) is 14.9 Å². The molecule has 7 heteroatoms. The maximum atomic E-state index is 12.1. The molecule has 2 aromatic rings. The number of fused-ring (bicyclic) bond motifs is 1. The molecule has 0 radical (unpaired) electrons. The van der Waals surface area contributed by atoms with Crippen LogP contribution in [0.1, 0.15) is 38.3 Å². The van der Waals surface area contributed by atoms with Crippen LogP contribution in [0.2, 0.25) is 0 Å². The second-order valence-electron chi connectivity index (χ2n) is 5.93. The lowest BCUT2D eigenvalue weighted by atomic mass is 10.1. The lowest BCUT2D eigenvalue weighted by Crippen LogP contribution is -2.21. The number of carbonyl (C=O) groups excluding carboxylic acids is 2. The van der Waals surface area contributed by atoms with Gasteiger partial charge in [0.1, 0.15) is 11.1 Å². The number of carbonyl (C=O) groups is 2. The van der Waals surface area contributed by atoms with Crippen LogP contribution in [-0.4, -0.2) is 25.6 Å². The zero-order valence-electron chi connectivity index (χ0n) is 14.3. The number of nitrogens with one attached hydrogen (secondary N) is 1. The first-order chi connectivity index (χ1) is 12.6. The Morgan fingerprint density at radius 2 is 2.19 bits per heavy atom. The highest BCUT2D eigenvalue weighted by atomic mass is 32.1. The number of hydrogen-bond acceptors (Lipinski definition) is 6. The molecule has 1 aromatic heterocycles. The summed E-state index contributed by atoms with van der Waals surface area (Å²) in [5.74, 6) is -1.03. The second kappa shape index (κ2) is 8.13. The molecule has 1 N–H and O–H groups in total. The minimum Gasteiger partial charge on any atom is -0.452 e. The zero-order valence-corrected chi connectivity index (χ0v) is 15.1. The van der Waals surface area contributed by atoms with Crippen molar-refractivity contribution in [3.8, 4) is 6.07 Å². The van der Waals surface area contributed by atoms with Gasteiger partial charge in [-0.05, 0) is 42.5 Å². The lowest BCUT2D eigenvalue weighted by Gasteiger charge is -2.07. The largest absolute Gasteiger partial charge is 0.452 e. The summed E-state index contributed by atoms with van der Waals surface area (Å²) in [6.45, 7) is -0.0115. The molecule has 1 heterocycles. The van der Waals surface area contributed by atoms with E-state index in [1.165, 1.54) is 11.3 Å². The fourth-order valence-electron chi connectivity index (χ4n) is 2.94. The molecule has 0 spiro atoms. The fraction of sp³-hybridized carbons (Fsp3) is 0.316. The Kier molecular flexibility index (Phi) is 5.66. The molecule has 134 valence electrons. The number of benzene rings is 1. The van der Waals surface area contributed by atoms with Gasteiger partial charge >= 0.3 is 5.97 Å². The summed E-state index contributed by atoms with van der Waals surface area (Å²) in [4.78, 5) is 25.4. The Balaban J connectivity index is 1.59. The number of amides is 1. The van der Waals surface area contributed by atoms with Crippen molar-refractivity contribution in [3.63, 3.8) is 0 Å². The SMILES string of the molecule is COCc1cccc(C(=O)OCC(=O)Nc2sc3c(c2C#N)CCC3)c1. The van der Waals surface area contributed by atoms with Crippen LogP contribution < -0.4 is 5.32 Å².